The summed E-state index contributed by atoms with van der Waals surface area (Å²) in [7, 11) is 1.32. The Labute approximate surface area is 228 Å². The maximum atomic E-state index is 12.8. The molecule has 0 aromatic heterocycles. The van der Waals surface area contributed by atoms with Gasteiger partial charge in [-0.2, -0.15) is 0 Å². The molecule has 0 spiro atoms. The number of benzene rings is 5. The number of hydrogen-bond acceptors (Lipinski definition) is 4. The highest BCUT2D eigenvalue weighted by Crippen LogP contribution is 2.45. The third-order valence-corrected chi connectivity index (χ3v) is 6.94. The molecule has 5 aromatic carbocycles. The monoisotopic (exact) mass is 512 g/mol. The van der Waals surface area contributed by atoms with Crippen LogP contribution in [0.15, 0.2) is 133 Å². The molecule has 0 saturated heterocycles. The molecular weight excluding hydrogens is 484 g/mol. The van der Waals surface area contributed by atoms with Gasteiger partial charge in [0, 0.05) is 0 Å². The number of carbonyl (C=O) groups excluding carboxylic acids is 2. The quantitative estimate of drug-likeness (QED) is 0.130. The second kappa shape index (κ2) is 11.2. The third kappa shape index (κ3) is 5.10. The normalized spacial score (nSPS) is 11.0. The van der Waals surface area contributed by atoms with E-state index in [-0.39, 0.29) is 0 Å². The largest absolute Gasteiger partial charge is 0.465 e. The molecule has 5 rings (SSSR count). The van der Waals surface area contributed by atoms with E-state index in [1.807, 2.05) is 36.4 Å². The smallest absolute Gasteiger partial charge is 0.343 e. The van der Waals surface area contributed by atoms with E-state index in [2.05, 4.69) is 79.7 Å². The second-order valence-electron chi connectivity index (χ2n) is 9.33. The third-order valence-electron chi connectivity index (χ3n) is 6.94. The molecule has 0 aliphatic rings. The van der Waals surface area contributed by atoms with Crippen molar-refractivity contribution in [3.63, 3.8) is 0 Å². The van der Waals surface area contributed by atoms with Crippen molar-refractivity contribution in [2.24, 2.45) is 0 Å². The number of hydrogen-bond donors (Lipinski definition) is 0. The van der Waals surface area contributed by atoms with E-state index in [1.54, 1.807) is 24.3 Å². The van der Waals surface area contributed by atoms with Gasteiger partial charge in [0.2, 0.25) is 0 Å². The van der Waals surface area contributed by atoms with E-state index in [9.17, 15) is 9.59 Å². The number of carbonyl (C=O) groups is 2. The van der Waals surface area contributed by atoms with Crippen LogP contribution in [0.2, 0.25) is 0 Å². The highest BCUT2D eigenvalue weighted by molar-refractivity contribution is 5.94. The first-order valence-corrected chi connectivity index (χ1v) is 12.7. The standard InChI is InChI=1S/C35H28O4/c1-25-13-19-30(20-14-25)35(28-9-5-3-6-10-28,29-11-7-4-8-12-29)31-21-23-32(24-22-31)39-34(37)27-17-15-26(16-18-27)33(36)38-2/h3-24H,1-2H3. The fourth-order valence-electron chi connectivity index (χ4n) is 4.98. The molecule has 0 fully saturated rings. The minimum atomic E-state index is -0.581. The lowest BCUT2D eigenvalue weighted by molar-refractivity contribution is 0.0599. The minimum absolute atomic E-state index is 0.342. The first-order valence-electron chi connectivity index (χ1n) is 12.7. The Kier molecular flexibility index (Phi) is 7.37. The number of methoxy groups -OCH3 is 1. The van der Waals surface area contributed by atoms with Crippen molar-refractivity contribution in [1.82, 2.24) is 0 Å². The van der Waals surface area contributed by atoms with Crippen molar-refractivity contribution in [3.05, 3.63) is 172 Å². The SMILES string of the molecule is COC(=O)c1ccc(C(=O)Oc2ccc(C(c3ccccc3)(c3ccccc3)c3ccc(C)cc3)cc2)cc1. The van der Waals surface area contributed by atoms with E-state index >= 15 is 0 Å². The van der Waals surface area contributed by atoms with Gasteiger partial charge in [-0.1, -0.05) is 103 Å². The Morgan fingerprint density at radius 1 is 0.513 bits per heavy atom. The van der Waals surface area contributed by atoms with Gasteiger partial charge in [0.1, 0.15) is 5.75 Å². The Morgan fingerprint density at radius 3 is 1.38 bits per heavy atom. The van der Waals surface area contributed by atoms with Crippen molar-refractivity contribution in [3.8, 4) is 5.75 Å². The number of esters is 2. The number of rotatable bonds is 7. The van der Waals surface area contributed by atoms with E-state index in [0.717, 1.165) is 22.3 Å². The van der Waals surface area contributed by atoms with Crippen LogP contribution < -0.4 is 4.74 Å². The summed E-state index contributed by atoms with van der Waals surface area (Å²) in [4.78, 5) is 24.5. The van der Waals surface area contributed by atoms with Gasteiger partial charge in [0.15, 0.2) is 0 Å². The summed E-state index contributed by atoms with van der Waals surface area (Å²) < 4.78 is 10.4. The summed E-state index contributed by atoms with van der Waals surface area (Å²) in [5.41, 5.74) is 5.78. The van der Waals surface area contributed by atoms with E-state index in [1.165, 1.54) is 12.7 Å². The van der Waals surface area contributed by atoms with Crippen molar-refractivity contribution in [1.29, 1.82) is 0 Å². The zero-order valence-corrected chi connectivity index (χ0v) is 21.8. The van der Waals surface area contributed by atoms with Crippen molar-refractivity contribution in [2.75, 3.05) is 7.11 Å². The lowest BCUT2D eigenvalue weighted by atomic mass is 9.65. The van der Waals surface area contributed by atoms with Gasteiger partial charge in [-0.25, -0.2) is 9.59 Å². The summed E-state index contributed by atoms with van der Waals surface area (Å²) in [6, 6.07) is 43.4. The molecule has 4 nitrogen and oxygen atoms in total. The fourth-order valence-corrected chi connectivity index (χ4v) is 4.98. The molecule has 0 aliphatic heterocycles. The van der Waals surface area contributed by atoms with Crippen LogP contribution in [0, 0.1) is 6.92 Å². The molecule has 0 unspecified atom stereocenters. The predicted octanol–water partition coefficient (Wildman–Crippen LogP) is 7.38. The molecule has 192 valence electrons. The molecule has 0 bridgehead atoms. The fraction of sp³-hybridized carbons (Fsp3) is 0.0857. The average molecular weight is 513 g/mol. The van der Waals surface area contributed by atoms with Crippen molar-refractivity contribution >= 4 is 11.9 Å². The number of ether oxygens (including phenoxy) is 2. The van der Waals surface area contributed by atoms with Crippen molar-refractivity contribution in [2.45, 2.75) is 12.3 Å². The van der Waals surface area contributed by atoms with Gasteiger partial charge in [0.25, 0.3) is 0 Å². The molecular formula is C35H28O4. The number of aryl methyl sites for hydroxylation is 1. The first-order chi connectivity index (χ1) is 19.0. The van der Waals surface area contributed by atoms with Gasteiger partial charge in [-0.3, -0.25) is 0 Å². The molecule has 39 heavy (non-hydrogen) atoms. The Bertz CT molecular complexity index is 1520. The lowest BCUT2D eigenvalue weighted by Gasteiger charge is -2.37. The molecule has 0 N–H and O–H groups in total. The molecule has 0 amide bonds. The predicted molar refractivity (Wildman–Crippen MR) is 152 cm³/mol. The highest BCUT2D eigenvalue weighted by atomic mass is 16.5. The maximum Gasteiger partial charge on any atom is 0.343 e. The summed E-state index contributed by atoms with van der Waals surface area (Å²) >= 11 is 0. The zero-order chi connectivity index (χ0) is 27.2. The topological polar surface area (TPSA) is 52.6 Å². The summed E-state index contributed by atoms with van der Waals surface area (Å²) in [5.74, 6) is -0.533. The van der Waals surface area contributed by atoms with Gasteiger partial charge >= 0.3 is 11.9 Å². The zero-order valence-electron chi connectivity index (χ0n) is 21.8. The van der Waals surface area contributed by atoms with E-state index in [4.69, 9.17) is 9.47 Å². The van der Waals surface area contributed by atoms with Crippen molar-refractivity contribution < 1.29 is 19.1 Å². The Balaban J connectivity index is 1.55. The van der Waals surface area contributed by atoms with Crippen LogP contribution in [0.25, 0.3) is 0 Å². The Hall–Kier alpha value is -4.96. The molecule has 0 heterocycles. The molecule has 5 aromatic rings. The van der Waals surface area contributed by atoms with Crippen LogP contribution in [0.3, 0.4) is 0 Å². The second-order valence-corrected chi connectivity index (χ2v) is 9.33. The average Bonchev–Trinajstić information content (AvgIpc) is 3.00. The van der Waals surface area contributed by atoms with Gasteiger partial charge in [-0.15, -0.1) is 0 Å². The van der Waals surface area contributed by atoms with Crippen LogP contribution in [-0.2, 0) is 10.2 Å². The van der Waals surface area contributed by atoms with Crippen LogP contribution >= 0.6 is 0 Å². The summed E-state index contributed by atoms with van der Waals surface area (Å²) in [5, 5.41) is 0. The highest BCUT2D eigenvalue weighted by Gasteiger charge is 2.38. The van der Waals surface area contributed by atoms with Crippen LogP contribution in [0.4, 0.5) is 0 Å². The first kappa shape index (κ1) is 25.7. The summed E-state index contributed by atoms with van der Waals surface area (Å²) in [6.45, 7) is 2.09. The van der Waals surface area contributed by atoms with Gasteiger partial charge in [-0.05, 0) is 65.6 Å². The van der Waals surface area contributed by atoms with Crippen LogP contribution in [-0.4, -0.2) is 19.0 Å². The molecule has 4 heteroatoms. The van der Waals surface area contributed by atoms with E-state index < -0.39 is 17.4 Å². The van der Waals surface area contributed by atoms with E-state index in [0.29, 0.717) is 16.9 Å². The molecule has 0 radical (unpaired) electrons. The lowest BCUT2D eigenvalue weighted by Crippen LogP contribution is -2.31. The van der Waals surface area contributed by atoms with Crippen LogP contribution in [0.5, 0.6) is 5.75 Å². The van der Waals surface area contributed by atoms with Gasteiger partial charge < -0.3 is 9.47 Å². The molecule has 0 aliphatic carbocycles. The Morgan fingerprint density at radius 2 is 0.923 bits per heavy atom. The van der Waals surface area contributed by atoms with Crippen LogP contribution in [0.1, 0.15) is 48.5 Å². The maximum absolute atomic E-state index is 12.8. The van der Waals surface area contributed by atoms with Gasteiger partial charge in [0.05, 0.1) is 23.7 Å². The molecule has 0 saturated carbocycles. The molecule has 0 atom stereocenters. The summed E-state index contributed by atoms with van der Waals surface area (Å²) in [6.07, 6.45) is 0. The minimum Gasteiger partial charge on any atom is -0.465 e.